The maximum Gasteiger partial charge on any atom is 0.261 e. The van der Waals surface area contributed by atoms with E-state index in [2.05, 4.69) is 9.71 Å². The molecule has 0 radical (unpaired) electrons. The van der Waals surface area contributed by atoms with Crippen LogP contribution in [0.2, 0.25) is 10.0 Å². The molecule has 2 heterocycles. The van der Waals surface area contributed by atoms with Crippen LogP contribution >= 0.6 is 34.5 Å². The molecule has 0 aliphatic heterocycles. The molecule has 0 unspecified atom stereocenters. The summed E-state index contributed by atoms with van der Waals surface area (Å²) in [4.78, 5) is 24.2. The van der Waals surface area contributed by atoms with Crippen LogP contribution in [0.4, 0.5) is 10.8 Å². The Labute approximate surface area is 233 Å². The molecule has 192 valence electrons. The Bertz CT molecular complexity index is 1720. The summed E-state index contributed by atoms with van der Waals surface area (Å²) in [6.45, 7) is 2.20. The van der Waals surface area contributed by atoms with Crippen molar-refractivity contribution in [2.75, 3.05) is 9.62 Å². The van der Waals surface area contributed by atoms with Gasteiger partial charge in [0.25, 0.3) is 15.9 Å². The first-order valence-electron chi connectivity index (χ1n) is 11.4. The van der Waals surface area contributed by atoms with Crippen molar-refractivity contribution in [3.8, 4) is 0 Å². The molecule has 11 heteroatoms. The quantitative estimate of drug-likeness (QED) is 0.224. The van der Waals surface area contributed by atoms with Gasteiger partial charge in [-0.1, -0.05) is 34.5 Å². The lowest BCUT2D eigenvalue weighted by molar-refractivity contribution is 0.0985. The van der Waals surface area contributed by atoms with Crippen molar-refractivity contribution in [3.63, 3.8) is 0 Å². The number of pyridine rings is 1. The van der Waals surface area contributed by atoms with Gasteiger partial charge in [-0.25, -0.2) is 13.4 Å². The summed E-state index contributed by atoms with van der Waals surface area (Å²) in [5.41, 5.74) is 3.29. The van der Waals surface area contributed by atoms with Crippen LogP contribution in [0.1, 0.15) is 21.5 Å². The molecule has 5 aromatic rings. The van der Waals surface area contributed by atoms with Crippen LogP contribution in [0.25, 0.3) is 10.2 Å². The minimum atomic E-state index is -3.81. The third kappa shape index (κ3) is 5.66. The van der Waals surface area contributed by atoms with E-state index in [4.69, 9.17) is 28.2 Å². The minimum Gasteiger partial charge on any atom is -0.280 e. The van der Waals surface area contributed by atoms with Crippen LogP contribution in [0.15, 0.2) is 90.1 Å². The summed E-state index contributed by atoms with van der Waals surface area (Å²) in [7, 11) is -3.81. The number of rotatable bonds is 7. The molecule has 7 nitrogen and oxygen atoms in total. The lowest BCUT2D eigenvalue weighted by Gasteiger charge is -2.20. The molecular weight excluding hydrogens is 563 g/mol. The first-order chi connectivity index (χ1) is 18.2. The number of thiazole rings is 1. The Hall–Kier alpha value is -3.50. The SMILES string of the molecule is Cc1cc(Cl)cc2sc(N(Cc3ccncc3)C(=O)c3ccc(NS(=O)(=O)c4ccc(Cl)cc4)cc3)nc12. The van der Waals surface area contributed by atoms with E-state index in [9.17, 15) is 13.2 Å². The van der Waals surface area contributed by atoms with Gasteiger partial charge < -0.3 is 0 Å². The van der Waals surface area contributed by atoms with Gasteiger partial charge in [0.1, 0.15) is 0 Å². The molecule has 0 aliphatic rings. The number of nitrogens with one attached hydrogen (secondary N) is 1. The number of carbonyl (C=O) groups is 1. The first-order valence-corrected chi connectivity index (χ1v) is 14.4. The number of sulfonamides is 1. The van der Waals surface area contributed by atoms with Crippen LogP contribution in [-0.4, -0.2) is 24.3 Å². The van der Waals surface area contributed by atoms with E-state index in [1.165, 1.54) is 35.6 Å². The molecule has 0 bridgehead atoms. The number of halogens is 2. The highest BCUT2D eigenvalue weighted by atomic mass is 35.5. The fourth-order valence-corrected chi connectivity index (χ4v) is 6.42. The second kappa shape index (κ2) is 10.7. The number of hydrogen-bond donors (Lipinski definition) is 1. The third-order valence-corrected chi connectivity index (χ3v) is 8.61. The average Bonchev–Trinajstić information content (AvgIpc) is 3.32. The number of benzene rings is 3. The lowest BCUT2D eigenvalue weighted by atomic mass is 10.1. The third-order valence-electron chi connectivity index (χ3n) is 5.71. The second-order valence-corrected chi connectivity index (χ2v) is 12.0. The van der Waals surface area contributed by atoms with E-state index in [1.807, 2.05) is 31.2 Å². The van der Waals surface area contributed by atoms with E-state index in [-0.39, 0.29) is 17.3 Å². The van der Waals surface area contributed by atoms with Gasteiger partial charge in [0.15, 0.2) is 5.13 Å². The second-order valence-electron chi connectivity index (χ2n) is 8.45. The van der Waals surface area contributed by atoms with Crippen molar-refractivity contribution < 1.29 is 13.2 Å². The highest BCUT2D eigenvalue weighted by molar-refractivity contribution is 7.92. The maximum absolute atomic E-state index is 13.7. The number of nitrogens with zero attached hydrogens (tertiary/aromatic N) is 3. The summed E-state index contributed by atoms with van der Waals surface area (Å²) in [6.07, 6.45) is 3.34. The number of anilines is 2. The van der Waals surface area contributed by atoms with E-state index < -0.39 is 10.0 Å². The monoisotopic (exact) mass is 582 g/mol. The molecule has 0 atom stereocenters. The first kappa shape index (κ1) is 26.1. The van der Waals surface area contributed by atoms with Gasteiger partial charge in [0.2, 0.25) is 0 Å². The molecule has 38 heavy (non-hydrogen) atoms. The minimum absolute atomic E-state index is 0.0804. The molecule has 0 fully saturated rings. The number of amides is 1. The number of fused-ring (bicyclic) bond motifs is 1. The van der Waals surface area contributed by atoms with Crippen LogP contribution in [-0.2, 0) is 16.6 Å². The molecule has 0 saturated heterocycles. The van der Waals surface area contributed by atoms with E-state index in [1.54, 1.807) is 41.6 Å². The fraction of sp³-hybridized carbons (Fsp3) is 0.0741. The van der Waals surface area contributed by atoms with Gasteiger partial charge in [-0.2, -0.15) is 0 Å². The van der Waals surface area contributed by atoms with Crippen molar-refractivity contribution in [2.24, 2.45) is 0 Å². The van der Waals surface area contributed by atoms with Crippen LogP contribution in [0, 0.1) is 6.92 Å². The molecule has 0 saturated carbocycles. The molecule has 0 aliphatic carbocycles. The Morgan fingerprint density at radius 2 is 1.63 bits per heavy atom. The lowest BCUT2D eigenvalue weighted by Crippen LogP contribution is -2.30. The molecule has 2 aromatic heterocycles. The Kier molecular flexibility index (Phi) is 7.36. The van der Waals surface area contributed by atoms with Crippen LogP contribution < -0.4 is 9.62 Å². The molecule has 5 rings (SSSR count). The standard InChI is InChI=1S/C27H20Cl2N4O3S2/c1-17-14-21(29)15-24-25(17)31-27(37-24)33(16-18-10-12-30-13-11-18)26(34)19-2-6-22(7-3-19)32-38(35,36)23-8-4-20(28)5-9-23/h2-15,32H,16H2,1H3. The number of carbonyl (C=O) groups excluding carboxylic acids is 1. The van der Waals surface area contributed by atoms with Crippen LogP contribution in [0.5, 0.6) is 0 Å². The number of hydrogen-bond acceptors (Lipinski definition) is 6. The Balaban J connectivity index is 1.44. The molecule has 1 N–H and O–H groups in total. The summed E-state index contributed by atoms with van der Waals surface area (Å²) in [5.74, 6) is -0.281. The smallest absolute Gasteiger partial charge is 0.261 e. The Morgan fingerprint density at radius 1 is 0.947 bits per heavy atom. The summed E-state index contributed by atoms with van der Waals surface area (Å²) in [5, 5.41) is 1.57. The Morgan fingerprint density at radius 3 is 2.32 bits per heavy atom. The van der Waals surface area contributed by atoms with Crippen LogP contribution in [0.3, 0.4) is 0 Å². The van der Waals surface area contributed by atoms with Gasteiger partial charge >= 0.3 is 0 Å². The fourth-order valence-electron chi connectivity index (χ4n) is 3.82. The van der Waals surface area contributed by atoms with Crippen molar-refractivity contribution in [3.05, 3.63) is 112 Å². The molecule has 3 aromatic carbocycles. The van der Waals surface area contributed by atoms with Gasteiger partial charge in [-0.3, -0.25) is 19.4 Å². The summed E-state index contributed by atoms with van der Waals surface area (Å²) >= 11 is 13.5. The molecule has 1 amide bonds. The highest BCUT2D eigenvalue weighted by Gasteiger charge is 2.23. The predicted octanol–water partition coefficient (Wildman–Crippen LogP) is 6.95. The summed E-state index contributed by atoms with van der Waals surface area (Å²) < 4.78 is 28.8. The molecule has 0 spiro atoms. The zero-order valence-corrected chi connectivity index (χ0v) is 23.1. The van der Waals surface area contributed by atoms with Crippen molar-refractivity contribution in [2.45, 2.75) is 18.4 Å². The zero-order chi connectivity index (χ0) is 26.9. The van der Waals surface area contributed by atoms with Gasteiger partial charge in [-0.05, 0) is 90.8 Å². The predicted molar refractivity (Wildman–Crippen MR) is 153 cm³/mol. The van der Waals surface area contributed by atoms with E-state index >= 15 is 0 Å². The van der Waals surface area contributed by atoms with Gasteiger partial charge in [-0.15, -0.1) is 0 Å². The average molecular weight is 584 g/mol. The topological polar surface area (TPSA) is 92.3 Å². The molecular formula is C27H20Cl2N4O3S2. The van der Waals surface area contributed by atoms with Crippen molar-refractivity contribution in [1.82, 2.24) is 9.97 Å². The summed E-state index contributed by atoms with van der Waals surface area (Å²) in [6, 6.07) is 19.5. The maximum atomic E-state index is 13.7. The highest BCUT2D eigenvalue weighted by Crippen LogP contribution is 2.34. The van der Waals surface area contributed by atoms with E-state index in [0.717, 1.165) is 21.3 Å². The van der Waals surface area contributed by atoms with Crippen molar-refractivity contribution >= 4 is 71.5 Å². The number of aromatic nitrogens is 2. The number of aryl methyl sites for hydroxylation is 1. The van der Waals surface area contributed by atoms with Gasteiger partial charge in [0, 0.05) is 33.7 Å². The largest absolute Gasteiger partial charge is 0.280 e. The van der Waals surface area contributed by atoms with Gasteiger partial charge in [0.05, 0.1) is 21.7 Å². The zero-order valence-electron chi connectivity index (χ0n) is 19.9. The normalized spacial score (nSPS) is 11.4. The van der Waals surface area contributed by atoms with E-state index in [0.29, 0.717) is 26.4 Å². The van der Waals surface area contributed by atoms with Crippen molar-refractivity contribution in [1.29, 1.82) is 0 Å².